The van der Waals surface area contributed by atoms with Crippen LogP contribution in [0.5, 0.6) is 5.75 Å². The van der Waals surface area contributed by atoms with Crippen LogP contribution in [0.25, 0.3) is 17.1 Å². The summed E-state index contributed by atoms with van der Waals surface area (Å²) in [4.78, 5) is 19.4. The van der Waals surface area contributed by atoms with Crippen molar-refractivity contribution in [3.8, 4) is 5.75 Å². The van der Waals surface area contributed by atoms with E-state index in [1.165, 1.54) is 11.6 Å². The minimum Gasteiger partial charge on any atom is -0.508 e. The topological polar surface area (TPSA) is 75.2 Å². The number of aromatic amines is 1. The van der Waals surface area contributed by atoms with Crippen LogP contribution in [0, 0.1) is 0 Å². The van der Waals surface area contributed by atoms with Crippen molar-refractivity contribution < 1.29 is 14.6 Å². The first-order valence-electron chi connectivity index (χ1n) is 8.26. The van der Waals surface area contributed by atoms with E-state index >= 15 is 0 Å². The van der Waals surface area contributed by atoms with Crippen molar-refractivity contribution in [2.24, 2.45) is 0 Å². The normalized spacial score (nSPS) is 11.2. The molecule has 0 radical (unpaired) electrons. The molecule has 25 heavy (non-hydrogen) atoms. The second-order valence-corrected chi connectivity index (χ2v) is 5.69. The molecule has 2 N–H and O–H groups in total. The zero-order valence-corrected chi connectivity index (χ0v) is 14.0. The van der Waals surface area contributed by atoms with Crippen molar-refractivity contribution in [1.82, 2.24) is 9.97 Å². The van der Waals surface area contributed by atoms with Gasteiger partial charge in [-0.25, -0.2) is 9.78 Å². The highest BCUT2D eigenvalue weighted by molar-refractivity contribution is 5.92. The molecule has 2 aromatic carbocycles. The van der Waals surface area contributed by atoms with E-state index in [0.717, 1.165) is 29.7 Å². The number of H-pyrrole nitrogens is 1. The van der Waals surface area contributed by atoms with Gasteiger partial charge in [-0.3, -0.25) is 0 Å². The summed E-state index contributed by atoms with van der Waals surface area (Å²) in [5.41, 5.74) is 3.38. The van der Waals surface area contributed by atoms with E-state index in [2.05, 4.69) is 22.1 Å². The van der Waals surface area contributed by atoms with Gasteiger partial charge in [-0.1, -0.05) is 30.3 Å². The molecule has 5 heteroatoms. The number of aryl methyl sites for hydroxylation is 2. The second kappa shape index (κ2) is 7.66. The molecule has 0 aliphatic heterocycles. The Morgan fingerprint density at radius 3 is 2.80 bits per heavy atom. The maximum absolute atomic E-state index is 11.5. The van der Waals surface area contributed by atoms with E-state index in [-0.39, 0.29) is 5.75 Å². The van der Waals surface area contributed by atoms with Crippen molar-refractivity contribution in [3.63, 3.8) is 0 Å². The van der Waals surface area contributed by atoms with E-state index in [1.54, 1.807) is 25.1 Å². The number of hydrogen-bond acceptors (Lipinski definition) is 4. The Labute approximate surface area is 146 Å². The summed E-state index contributed by atoms with van der Waals surface area (Å²) in [6.07, 6.45) is 4.60. The average Bonchev–Trinajstić information content (AvgIpc) is 3.02. The Morgan fingerprint density at radius 1 is 1.24 bits per heavy atom. The fourth-order valence-corrected chi connectivity index (χ4v) is 2.68. The molecule has 0 saturated carbocycles. The third-order valence-corrected chi connectivity index (χ3v) is 3.83. The molecule has 0 aliphatic rings. The molecule has 3 rings (SSSR count). The van der Waals surface area contributed by atoms with Crippen LogP contribution in [0.1, 0.15) is 23.9 Å². The number of phenols is 1. The second-order valence-electron chi connectivity index (χ2n) is 5.69. The summed E-state index contributed by atoms with van der Waals surface area (Å²) in [6, 6.07) is 13.4. The van der Waals surface area contributed by atoms with Crippen LogP contribution in [0.2, 0.25) is 0 Å². The number of carbonyl (C=O) groups is 1. The van der Waals surface area contributed by atoms with Crippen LogP contribution in [-0.2, 0) is 22.4 Å². The molecular formula is C20H20N2O3. The summed E-state index contributed by atoms with van der Waals surface area (Å²) in [5.74, 6) is 0.545. The number of phenolic OH excluding ortho intramolecular Hbond substituents is 1. The van der Waals surface area contributed by atoms with E-state index < -0.39 is 5.97 Å². The largest absolute Gasteiger partial charge is 0.508 e. The van der Waals surface area contributed by atoms with Crippen molar-refractivity contribution in [2.75, 3.05) is 6.61 Å². The maximum Gasteiger partial charge on any atom is 0.330 e. The first-order valence-corrected chi connectivity index (χ1v) is 8.26. The number of aromatic hydroxyl groups is 1. The van der Waals surface area contributed by atoms with E-state index in [0.29, 0.717) is 12.2 Å². The van der Waals surface area contributed by atoms with Gasteiger partial charge in [0.25, 0.3) is 0 Å². The zero-order chi connectivity index (χ0) is 17.6. The fraction of sp³-hybridized carbons (Fsp3) is 0.200. The molecule has 0 spiro atoms. The van der Waals surface area contributed by atoms with Crippen LogP contribution in [-0.4, -0.2) is 27.7 Å². The van der Waals surface area contributed by atoms with Gasteiger partial charge in [0.2, 0.25) is 0 Å². The van der Waals surface area contributed by atoms with Gasteiger partial charge in [0, 0.05) is 24.1 Å². The first-order chi connectivity index (χ1) is 12.2. The van der Waals surface area contributed by atoms with Gasteiger partial charge in [-0.15, -0.1) is 0 Å². The number of rotatable bonds is 6. The molecule has 0 saturated heterocycles. The van der Waals surface area contributed by atoms with Crippen LogP contribution in [0.15, 0.2) is 48.5 Å². The third-order valence-electron chi connectivity index (χ3n) is 3.83. The van der Waals surface area contributed by atoms with Gasteiger partial charge in [0.05, 0.1) is 17.6 Å². The van der Waals surface area contributed by atoms with Gasteiger partial charge < -0.3 is 14.8 Å². The van der Waals surface area contributed by atoms with Crippen LogP contribution in [0.4, 0.5) is 0 Å². The smallest absolute Gasteiger partial charge is 0.330 e. The SMILES string of the molecule is CCOC(=O)C=Cc1cc(O)cc2[nH]c(CCc3ccccc3)nc12. The molecule has 1 aromatic heterocycles. The number of ether oxygens (including phenoxy) is 1. The molecule has 0 unspecified atom stereocenters. The molecule has 0 atom stereocenters. The lowest BCUT2D eigenvalue weighted by Gasteiger charge is -1.98. The van der Waals surface area contributed by atoms with E-state index in [4.69, 9.17) is 4.74 Å². The molecule has 0 bridgehead atoms. The van der Waals surface area contributed by atoms with Crippen LogP contribution in [0.3, 0.4) is 0 Å². The highest BCUT2D eigenvalue weighted by Gasteiger charge is 2.09. The molecule has 5 nitrogen and oxygen atoms in total. The summed E-state index contributed by atoms with van der Waals surface area (Å²) in [7, 11) is 0. The number of nitrogens with zero attached hydrogens (tertiary/aromatic N) is 1. The van der Waals surface area contributed by atoms with Crippen LogP contribution >= 0.6 is 0 Å². The Kier molecular flexibility index (Phi) is 5.14. The summed E-state index contributed by atoms with van der Waals surface area (Å²) in [6.45, 7) is 2.08. The molecule has 3 aromatic rings. The van der Waals surface area contributed by atoms with Gasteiger partial charge in [0.1, 0.15) is 11.6 Å². The van der Waals surface area contributed by atoms with Gasteiger partial charge in [-0.2, -0.15) is 0 Å². The number of hydrogen-bond donors (Lipinski definition) is 2. The van der Waals surface area contributed by atoms with Crippen molar-refractivity contribution >= 4 is 23.1 Å². The number of fused-ring (bicyclic) bond motifs is 1. The Morgan fingerprint density at radius 2 is 2.04 bits per heavy atom. The summed E-state index contributed by atoms with van der Waals surface area (Å²) < 4.78 is 4.88. The highest BCUT2D eigenvalue weighted by Crippen LogP contribution is 2.24. The zero-order valence-electron chi connectivity index (χ0n) is 14.0. The number of aromatic nitrogens is 2. The minimum absolute atomic E-state index is 0.120. The average molecular weight is 336 g/mol. The molecule has 128 valence electrons. The molecule has 0 aliphatic carbocycles. The number of imidazole rings is 1. The number of nitrogens with one attached hydrogen (secondary N) is 1. The highest BCUT2D eigenvalue weighted by atomic mass is 16.5. The predicted octanol–water partition coefficient (Wildman–Crippen LogP) is 3.63. The molecule has 0 amide bonds. The van der Waals surface area contributed by atoms with Crippen molar-refractivity contribution in [3.05, 3.63) is 65.5 Å². The Bertz CT molecular complexity index is 898. The lowest BCUT2D eigenvalue weighted by Crippen LogP contribution is -1.98. The number of carbonyl (C=O) groups excluding carboxylic acids is 1. The molecular weight excluding hydrogens is 316 g/mol. The lowest BCUT2D eigenvalue weighted by molar-refractivity contribution is -0.137. The summed E-state index contributed by atoms with van der Waals surface area (Å²) >= 11 is 0. The van der Waals surface area contributed by atoms with E-state index in [1.807, 2.05) is 18.2 Å². The lowest BCUT2D eigenvalue weighted by atomic mass is 10.1. The third kappa shape index (κ3) is 4.26. The number of benzene rings is 2. The monoisotopic (exact) mass is 336 g/mol. The first kappa shape index (κ1) is 16.8. The predicted molar refractivity (Wildman–Crippen MR) is 97.3 cm³/mol. The Hall–Kier alpha value is -3.08. The van der Waals surface area contributed by atoms with Crippen molar-refractivity contribution in [1.29, 1.82) is 0 Å². The van der Waals surface area contributed by atoms with E-state index in [9.17, 15) is 9.90 Å². The van der Waals surface area contributed by atoms with Crippen LogP contribution < -0.4 is 0 Å². The summed E-state index contributed by atoms with van der Waals surface area (Å²) in [5, 5.41) is 9.90. The maximum atomic E-state index is 11.5. The van der Waals surface area contributed by atoms with Gasteiger partial charge in [-0.05, 0) is 31.1 Å². The molecule has 0 fully saturated rings. The fourth-order valence-electron chi connectivity index (χ4n) is 2.68. The Balaban J connectivity index is 1.83. The van der Waals surface area contributed by atoms with Gasteiger partial charge >= 0.3 is 5.97 Å². The quantitative estimate of drug-likeness (QED) is 0.532. The van der Waals surface area contributed by atoms with Crippen molar-refractivity contribution in [2.45, 2.75) is 19.8 Å². The molecule has 1 heterocycles. The standard InChI is InChI=1S/C20H20N2O3/c1-2-25-19(24)11-9-15-12-16(23)13-17-20(15)22-18(21-17)10-8-14-6-4-3-5-7-14/h3-7,9,11-13,23H,2,8,10H2,1H3,(H,21,22). The minimum atomic E-state index is -0.418. The van der Waals surface area contributed by atoms with Gasteiger partial charge in [0.15, 0.2) is 0 Å². The number of esters is 1.